The van der Waals surface area contributed by atoms with Gasteiger partial charge in [0.05, 0.1) is 17.7 Å². The number of halogens is 6. The number of carbonyl (C=O) groups excluding carboxylic acids is 3. The van der Waals surface area contributed by atoms with Crippen LogP contribution in [-0.2, 0) is 21.9 Å². The van der Waals surface area contributed by atoms with Crippen LogP contribution in [-0.4, -0.2) is 30.9 Å². The molecule has 3 N–H and O–H groups in total. The molecular formula is C19H15F6N3O4. The number of hydrogen-bond acceptors (Lipinski definition) is 4. The molecule has 2 rings (SSSR count). The highest BCUT2D eigenvalue weighted by Crippen LogP contribution is 2.31. The van der Waals surface area contributed by atoms with E-state index in [-0.39, 0.29) is 11.3 Å². The van der Waals surface area contributed by atoms with E-state index in [4.69, 9.17) is 4.74 Å². The molecule has 13 heteroatoms. The lowest BCUT2D eigenvalue weighted by atomic mass is 10.1. The Hall–Kier alpha value is -3.77. The first-order valence-corrected chi connectivity index (χ1v) is 8.69. The van der Waals surface area contributed by atoms with Gasteiger partial charge in [-0.25, -0.2) is 0 Å². The molecule has 0 aliphatic rings. The van der Waals surface area contributed by atoms with E-state index in [0.29, 0.717) is 18.2 Å². The molecule has 2 aromatic carbocycles. The van der Waals surface area contributed by atoms with Gasteiger partial charge >= 0.3 is 12.4 Å². The molecule has 172 valence electrons. The predicted molar refractivity (Wildman–Crippen MR) is 97.0 cm³/mol. The SMILES string of the molecule is O=C(CNC(=O)c1ccc(C(F)(F)F)cc1)NNC(=O)COc1cccc(C(F)(F)F)c1. The molecule has 0 radical (unpaired) electrons. The highest BCUT2D eigenvalue weighted by Gasteiger charge is 2.31. The minimum atomic E-state index is -4.58. The molecule has 0 aliphatic heterocycles. The van der Waals surface area contributed by atoms with Crippen molar-refractivity contribution in [2.24, 2.45) is 0 Å². The molecule has 2 aromatic rings. The second-order valence-corrected chi connectivity index (χ2v) is 6.17. The van der Waals surface area contributed by atoms with Gasteiger partial charge in [-0.1, -0.05) is 6.07 Å². The quantitative estimate of drug-likeness (QED) is 0.454. The van der Waals surface area contributed by atoms with E-state index in [1.165, 1.54) is 6.07 Å². The minimum absolute atomic E-state index is 0.121. The Bertz CT molecular complexity index is 974. The van der Waals surface area contributed by atoms with Gasteiger partial charge in [-0.15, -0.1) is 0 Å². The minimum Gasteiger partial charge on any atom is -0.484 e. The number of hydrazine groups is 1. The summed E-state index contributed by atoms with van der Waals surface area (Å²) >= 11 is 0. The molecule has 0 atom stereocenters. The number of hydrogen-bond donors (Lipinski definition) is 3. The zero-order valence-corrected chi connectivity index (χ0v) is 15.9. The zero-order chi connectivity index (χ0) is 23.9. The molecule has 0 saturated carbocycles. The van der Waals surface area contributed by atoms with Crippen LogP contribution in [0.25, 0.3) is 0 Å². The van der Waals surface area contributed by atoms with E-state index in [0.717, 1.165) is 24.3 Å². The van der Waals surface area contributed by atoms with Crippen LogP contribution in [0.4, 0.5) is 26.3 Å². The van der Waals surface area contributed by atoms with Crippen LogP contribution in [0.5, 0.6) is 5.75 Å². The van der Waals surface area contributed by atoms with Crippen molar-refractivity contribution >= 4 is 17.7 Å². The van der Waals surface area contributed by atoms with Crippen molar-refractivity contribution in [2.45, 2.75) is 12.4 Å². The lowest BCUT2D eigenvalue weighted by molar-refractivity contribution is -0.138. The van der Waals surface area contributed by atoms with Gasteiger partial charge < -0.3 is 10.1 Å². The van der Waals surface area contributed by atoms with Crippen LogP contribution >= 0.6 is 0 Å². The largest absolute Gasteiger partial charge is 0.484 e. The Balaban J connectivity index is 1.73. The predicted octanol–water partition coefficient (Wildman–Crippen LogP) is 2.68. The van der Waals surface area contributed by atoms with Gasteiger partial charge in [0.2, 0.25) is 0 Å². The Morgan fingerprint density at radius 1 is 0.781 bits per heavy atom. The van der Waals surface area contributed by atoms with E-state index < -0.39 is 54.4 Å². The van der Waals surface area contributed by atoms with Gasteiger partial charge in [0.1, 0.15) is 5.75 Å². The Kier molecular flexibility index (Phi) is 7.67. The van der Waals surface area contributed by atoms with Crippen molar-refractivity contribution in [1.29, 1.82) is 0 Å². The molecule has 0 aromatic heterocycles. The summed E-state index contributed by atoms with van der Waals surface area (Å²) in [5, 5.41) is 2.14. The van der Waals surface area contributed by atoms with Crippen LogP contribution in [0, 0.1) is 0 Å². The third-order valence-corrected chi connectivity index (χ3v) is 3.76. The van der Waals surface area contributed by atoms with Crippen molar-refractivity contribution in [3.05, 3.63) is 65.2 Å². The molecule has 0 fully saturated rings. The number of amides is 3. The Morgan fingerprint density at radius 3 is 1.97 bits per heavy atom. The third kappa shape index (κ3) is 7.49. The molecule has 0 heterocycles. The van der Waals surface area contributed by atoms with Crippen molar-refractivity contribution in [3.8, 4) is 5.75 Å². The van der Waals surface area contributed by atoms with Crippen molar-refractivity contribution < 1.29 is 45.5 Å². The van der Waals surface area contributed by atoms with Crippen LogP contribution in [0.2, 0.25) is 0 Å². The highest BCUT2D eigenvalue weighted by molar-refractivity contribution is 5.96. The second kappa shape index (κ2) is 10.0. The first-order valence-electron chi connectivity index (χ1n) is 8.69. The number of nitrogens with one attached hydrogen (secondary N) is 3. The van der Waals surface area contributed by atoms with Gasteiger partial charge in [-0.2, -0.15) is 26.3 Å². The first-order chi connectivity index (χ1) is 14.9. The fourth-order valence-corrected chi connectivity index (χ4v) is 2.20. The van der Waals surface area contributed by atoms with Crippen LogP contribution in [0.3, 0.4) is 0 Å². The van der Waals surface area contributed by atoms with Gasteiger partial charge in [-0.3, -0.25) is 25.2 Å². The molecule has 0 bridgehead atoms. The summed E-state index contributed by atoms with van der Waals surface area (Å²) in [7, 11) is 0. The molecule has 0 saturated heterocycles. The summed E-state index contributed by atoms with van der Waals surface area (Å²) in [4.78, 5) is 35.1. The van der Waals surface area contributed by atoms with E-state index in [1.807, 2.05) is 10.9 Å². The topological polar surface area (TPSA) is 96.5 Å². The van der Waals surface area contributed by atoms with Crippen LogP contribution in [0.15, 0.2) is 48.5 Å². The number of alkyl halides is 6. The van der Waals surface area contributed by atoms with Gasteiger partial charge in [0.25, 0.3) is 17.7 Å². The smallest absolute Gasteiger partial charge is 0.416 e. The summed E-state index contributed by atoms with van der Waals surface area (Å²) in [6, 6.07) is 7.11. The maximum atomic E-state index is 12.6. The second-order valence-electron chi connectivity index (χ2n) is 6.17. The summed E-state index contributed by atoms with van der Waals surface area (Å²) in [5.74, 6) is -2.82. The number of ether oxygens (including phenoxy) is 1. The van der Waals surface area contributed by atoms with Crippen molar-refractivity contribution in [1.82, 2.24) is 16.2 Å². The zero-order valence-electron chi connectivity index (χ0n) is 15.9. The van der Waals surface area contributed by atoms with E-state index in [2.05, 4.69) is 5.32 Å². The van der Waals surface area contributed by atoms with Crippen LogP contribution in [0.1, 0.15) is 21.5 Å². The summed E-state index contributed by atoms with van der Waals surface area (Å²) < 4.78 is 80.3. The van der Waals surface area contributed by atoms with Crippen molar-refractivity contribution in [2.75, 3.05) is 13.2 Å². The molecule has 7 nitrogen and oxygen atoms in total. The molecule has 0 aliphatic carbocycles. The Morgan fingerprint density at radius 2 is 1.38 bits per heavy atom. The van der Waals surface area contributed by atoms with Gasteiger partial charge in [0.15, 0.2) is 6.61 Å². The van der Waals surface area contributed by atoms with Gasteiger partial charge in [-0.05, 0) is 42.5 Å². The normalized spacial score (nSPS) is 11.4. The van der Waals surface area contributed by atoms with E-state index in [1.54, 1.807) is 0 Å². The van der Waals surface area contributed by atoms with Crippen molar-refractivity contribution in [3.63, 3.8) is 0 Å². The molecule has 32 heavy (non-hydrogen) atoms. The lowest BCUT2D eigenvalue weighted by Gasteiger charge is -2.11. The van der Waals surface area contributed by atoms with E-state index in [9.17, 15) is 40.7 Å². The first kappa shape index (κ1) is 24.5. The number of carbonyl (C=O) groups is 3. The fraction of sp³-hybridized carbons (Fsp3) is 0.211. The van der Waals surface area contributed by atoms with E-state index >= 15 is 0 Å². The average Bonchev–Trinajstić information content (AvgIpc) is 2.73. The van der Waals surface area contributed by atoms with Crippen LogP contribution < -0.4 is 20.9 Å². The summed E-state index contributed by atoms with van der Waals surface area (Å²) in [5.41, 5.74) is 1.82. The summed E-state index contributed by atoms with van der Waals surface area (Å²) in [6.45, 7) is -1.33. The fourth-order valence-electron chi connectivity index (χ4n) is 2.20. The lowest BCUT2D eigenvalue weighted by Crippen LogP contribution is -2.47. The molecule has 0 spiro atoms. The number of rotatable bonds is 6. The van der Waals surface area contributed by atoms with Gasteiger partial charge in [0, 0.05) is 5.56 Å². The maximum absolute atomic E-state index is 12.6. The Labute approximate surface area is 176 Å². The highest BCUT2D eigenvalue weighted by atomic mass is 19.4. The maximum Gasteiger partial charge on any atom is 0.416 e. The standard InChI is InChI=1S/C19H15F6N3O4/c20-18(21,22)12-6-4-11(5-7-12)17(31)26-9-15(29)27-28-16(30)10-32-14-3-1-2-13(8-14)19(23,24)25/h1-8H,9-10H2,(H,26,31)(H,27,29)(H,28,30). The number of benzene rings is 2. The average molecular weight is 463 g/mol. The third-order valence-electron chi connectivity index (χ3n) is 3.76. The summed E-state index contributed by atoms with van der Waals surface area (Å²) in [6.07, 6.45) is -9.14. The monoisotopic (exact) mass is 463 g/mol. The molecule has 0 unspecified atom stereocenters. The molecule has 3 amide bonds. The molecular weight excluding hydrogens is 448 g/mol.